The molecule has 1 amide bonds. The summed E-state index contributed by atoms with van der Waals surface area (Å²) >= 11 is 0. The lowest BCUT2D eigenvalue weighted by molar-refractivity contribution is 0.0775. The van der Waals surface area contributed by atoms with Crippen molar-refractivity contribution in [1.29, 1.82) is 0 Å². The van der Waals surface area contributed by atoms with E-state index in [9.17, 15) is 19.1 Å². The number of hydrogen-bond donors (Lipinski definition) is 4. The third-order valence-electron chi connectivity index (χ3n) is 5.94. The van der Waals surface area contributed by atoms with Crippen LogP contribution in [-0.4, -0.2) is 56.9 Å². The zero-order valence-electron chi connectivity index (χ0n) is 19.9. The van der Waals surface area contributed by atoms with Crippen LogP contribution in [-0.2, 0) is 6.42 Å². The number of rotatable bonds is 6. The summed E-state index contributed by atoms with van der Waals surface area (Å²) in [6.45, 7) is 4.36. The van der Waals surface area contributed by atoms with Crippen molar-refractivity contribution in [2.45, 2.75) is 32.7 Å². The van der Waals surface area contributed by atoms with Crippen LogP contribution in [0.2, 0.25) is 0 Å². The van der Waals surface area contributed by atoms with Crippen LogP contribution in [0.1, 0.15) is 41.9 Å². The fourth-order valence-corrected chi connectivity index (χ4v) is 4.12. The van der Waals surface area contributed by atoms with E-state index in [1.54, 1.807) is 18.2 Å². The standard InChI is InChI=1S/C23H25FN6O3.C2H6/c24-20-6-5-14(10-21-17-3-1-2-4-18(17)22(32)28-27-21)9-19(20)23(33)29-8-7-15(12-29)30(26)16(11-25)13-31;1-2/h1-6,9,11,15,31H,7-8,10,12-13,25-26H2,(H,28,32);1-2H3/b16-11-;. The van der Waals surface area contributed by atoms with Crippen molar-refractivity contribution in [3.63, 3.8) is 0 Å². The smallest absolute Gasteiger partial charge is 0.272 e. The van der Waals surface area contributed by atoms with Crippen LogP contribution in [0.5, 0.6) is 0 Å². The molecule has 35 heavy (non-hydrogen) atoms. The van der Waals surface area contributed by atoms with Crippen molar-refractivity contribution < 1.29 is 14.3 Å². The number of aromatic nitrogens is 2. The Hall–Kier alpha value is -3.76. The average Bonchev–Trinajstić information content (AvgIpc) is 3.39. The lowest BCUT2D eigenvalue weighted by Gasteiger charge is -2.27. The van der Waals surface area contributed by atoms with Crippen LogP contribution in [0.3, 0.4) is 0 Å². The quantitative estimate of drug-likeness (QED) is 0.310. The first kappa shape index (κ1) is 25.9. The molecule has 9 nitrogen and oxygen atoms in total. The molecule has 1 unspecified atom stereocenters. The highest BCUT2D eigenvalue weighted by Crippen LogP contribution is 2.22. The van der Waals surface area contributed by atoms with E-state index in [4.69, 9.17) is 11.6 Å². The van der Waals surface area contributed by atoms with Crippen molar-refractivity contribution in [3.05, 3.63) is 87.4 Å². The maximum Gasteiger partial charge on any atom is 0.272 e. The number of halogens is 1. The summed E-state index contributed by atoms with van der Waals surface area (Å²) in [4.78, 5) is 26.6. The first-order valence-corrected chi connectivity index (χ1v) is 11.5. The second-order valence-corrected chi connectivity index (χ2v) is 7.95. The number of benzene rings is 2. The average molecular weight is 483 g/mol. The molecule has 1 aliphatic heterocycles. The van der Waals surface area contributed by atoms with Gasteiger partial charge >= 0.3 is 0 Å². The van der Waals surface area contributed by atoms with E-state index < -0.39 is 11.7 Å². The molecule has 1 aromatic heterocycles. The number of aliphatic hydroxyl groups excluding tert-OH is 1. The van der Waals surface area contributed by atoms with Crippen LogP contribution >= 0.6 is 0 Å². The van der Waals surface area contributed by atoms with Gasteiger partial charge in [-0.2, -0.15) is 5.10 Å². The number of aliphatic hydroxyl groups is 1. The molecular weight excluding hydrogens is 451 g/mol. The Morgan fingerprint density at radius 2 is 2.00 bits per heavy atom. The Morgan fingerprint density at radius 1 is 1.29 bits per heavy atom. The van der Waals surface area contributed by atoms with Gasteiger partial charge in [-0.1, -0.05) is 38.1 Å². The summed E-state index contributed by atoms with van der Waals surface area (Å²) in [5.74, 6) is 4.97. The molecule has 1 fully saturated rings. The van der Waals surface area contributed by atoms with Gasteiger partial charge < -0.3 is 20.7 Å². The molecule has 2 heterocycles. The number of nitrogens with zero attached hydrogens (tertiary/aromatic N) is 3. The van der Waals surface area contributed by atoms with Gasteiger partial charge in [0.25, 0.3) is 11.5 Å². The molecule has 10 heteroatoms. The van der Waals surface area contributed by atoms with Gasteiger partial charge in [0.05, 0.1) is 35.0 Å². The molecule has 1 saturated heterocycles. The lowest BCUT2D eigenvalue weighted by atomic mass is 10.0. The first-order valence-electron chi connectivity index (χ1n) is 11.5. The fraction of sp³-hybridized carbons (Fsp3) is 0.320. The van der Waals surface area contributed by atoms with Gasteiger partial charge in [0.15, 0.2) is 0 Å². The minimum Gasteiger partial charge on any atom is -0.403 e. The number of carbonyl (C=O) groups excluding carboxylic acids is 1. The van der Waals surface area contributed by atoms with Gasteiger partial charge in [-0.15, -0.1) is 0 Å². The summed E-state index contributed by atoms with van der Waals surface area (Å²) in [5.41, 5.74) is 6.82. The molecule has 6 N–H and O–H groups in total. The molecule has 0 radical (unpaired) electrons. The Kier molecular flexibility index (Phi) is 8.56. The lowest BCUT2D eigenvalue weighted by Crippen LogP contribution is -2.44. The van der Waals surface area contributed by atoms with Crippen LogP contribution in [0.25, 0.3) is 10.8 Å². The fourth-order valence-electron chi connectivity index (χ4n) is 4.12. The number of fused-ring (bicyclic) bond motifs is 1. The number of hydrazine groups is 1. The zero-order valence-corrected chi connectivity index (χ0v) is 19.9. The van der Waals surface area contributed by atoms with E-state index in [0.717, 1.165) is 0 Å². The Labute approximate surface area is 202 Å². The van der Waals surface area contributed by atoms with E-state index >= 15 is 0 Å². The van der Waals surface area contributed by atoms with Crippen molar-refractivity contribution >= 4 is 16.7 Å². The number of aromatic amines is 1. The van der Waals surface area contributed by atoms with Gasteiger partial charge in [0.1, 0.15) is 5.82 Å². The molecular formula is C25H31FN6O3. The van der Waals surface area contributed by atoms with E-state index in [0.29, 0.717) is 47.1 Å². The number of hydrogen-bond acceptors (Lipinski definition) is 7. The van der Waals surface area contributed by atoms with Crippen LogP contribution < -0.4 is 17.1 Å². The highest BCUT2D eigenvalue weighted by molar-refractivity contribution is 5.95. The highest BCUT2D eigenvalue weighted by atomic mass is 19.1. The van der Waals surface area contributed by atoms with Gasteiger partial charge in [-0.25, -0.2) is 15.3 Å². The summed E-state index contributed by atoms with van der Waals surface area (Å²) in [5, 5.41) is 18.6. The monoisotopic (exact) mass is 482 g/mol. The minimum atomic E-state index is -0.617. The van der Waals surface area contributed by atoms with Crippen LogP contribution in [0, 0.1) is 5.82 Å². The molecule has 0 spiro atoms. The molecule has 0 aliphatic carbocycles. The van der Waals surface area contributed by atoms with Gasteiger partial charge in [-0.3, -0.25) is 9.59 Å². The SMILES string of the molecule is CC.N/C=C(/CO)N(N)C1CCN(C(=O)c2cc(Cc3n[nH]c(=O)c4ccccc34)ccc2F)C1. The summed E-state index contributed by atoms with van der Waals surface area (Å²) in [7, 11) is 0. The van der Waals surface area contributed by atoms with E-state index in [2.05, 4.69) is 10.2 Å². The molecule has 3 aromatic rings. The molecule has 2 aromatic carbocycles. The third-order valence-corrected chi connectivity index (χ3v) is 5.94. The third kappa shape index (κ3) is 5.50. The highest BCUT2D eigenvalue weighted by Gasteiger charge is 2.31. The number of amides is 1. The number of likely N-dealkylation sites (tertiary alicyclic amines) is 1. The Morgan fingerprint density at radius 3 is 2.69 bits per heavy atom. The second kappa shape index (κ2) is 11.6. The number of carbonyl (C=O) groups is 1. The predicted molar refractivity (Wildman–Crippen MR) is 133 cm³/mol. The molecule has 1 atom stereocenters. The molecule has 4 rings (SSSR count). The number of nitrogens with two attached hydrogens (primary N) is 2. The van der Waals surface area contributed by atoms with E-state index in [1.807, 2.05) is 26.0 Å². The van der Waals surface area contributed by atoms with Gasteiger partial charge in [0.2, 0.25) is 0 Å². The van der Waals surface area contributed by atoms with Crippen molar-refractivity contribution in [2.24, 2.45) is 11.6 Å². The number of H-pyrrole nitrogens is 1. The molecule has 186 valence electrons. The van der Waals surface area contributed by atoms with Crippen molar-refractivity contribution in [1.82, 2.24) is 20.1 Å². The Bertz CT molecular complexity index is 1280. The van der Waals surface area contributed by atoms with Gasteiger partial charge in [-0.05, 0) is 30.2 Å². The largest absolute Gasteiger partial charge is 0.403 e. The topological polar surface area (TPSA) is 142 Å². The van der Waals surface area contributed by atoms with Crippen molar-refractivity contribution in [3.8, 4) is 0 Å². The summed E-state index contributed by atoms with van der Waals surface area (Å²) in [6.07, 6.45) is 2.11. The first-order chi connectivity index (χ1) is 16.9. The van der Waals surface area contributed by atoms with E-state index in [1.165, 1.54) is 28.2 Å². The second-order valence-electron chi connectivity index (χ2n) is 7.95. The minimum absolute atomic E-state index is 0.0396. The van der Waals surface area contributed by atoms with Crippen LogP contribution in [0.4, 0.5) is 4.39 Å². The summed E-state index contributed by atoms with van der Waals surface area (Å²) < 4.78 is 14.6. The zero-order chi connectivity index (χ0) is 25.5. The van der Waals surface area contributed by atoms with E-state index in [-0.39, 0.29) is 30.3 Å². The maximum atomic E-state index is 14.6. The molecule has 0 bridgehead atoms. The summed E-state index contributed by atoms with van der Waals surface area (Å²) in [6, 6.07) is 11.3. The van der Waals surface area contributed by atoms with Gasteiger partial charge in [0, 0.05) is 31.1 Å². The van der Waals surface area contributed by atoms with Crippen molar-refractivity contribution in [2.75, 3.05) is 19.7 Å². The maximum absolute atomic E-state index is 14.6. The number of nitrogens with one attached hydrogen (secondary N) is 1. The van der Waals surface area contributed by atoms with Crippen LogP contribution in [0.15, 0.2) is 59.2 Å². The Balaban J connectivity index is 0.00000167. The molecule has 0 saturated carbocycles. The normalized spacial score (nSPS) is 15.6. The predicted octanol–water partition coefficient (Wildman–Crippen LogP) is 1.86. The molecule has 1 aliphatic rings.